The number of amides is 1. The number of fused-ring (bicyclic) bond motifs is 2. The summed E-state index contributed by atoms with van der Waals surface area (Å²) in [5.41, 5.74) is 1.84. The summed E-state index contributed by atoms with van der Waals surface area (Å²) in [6.45, 7) is 0. The molecule has 1 amide bonds. The van der Waals surface area contributed by atoms with E-state index in [9.17, 15) is 4.79 Å². The molecule has 1 atom stereocenters. The van der Waals surface area contributed by atoms with Crippen molar-refractivity contribution in [2.75, 3.05) is 6.26 Å². The van der Waals surface area contributed by atoms with Gasteiger partial charge in [0.05, 0.1) is 0 Å². The zero-order chi connectivity index (χ0) is 15.8. The molecule has 2 aromatic rings. The molecule has 4 rings (SSSR count). The second kappa shape index (κ2) is 5.66. The van der Waals surface area contributed by atoms with Crippen molar-refractivity contribution in [1.29, 1.82) is 0 Å². The van der Waals surface area contributed by atoms with Crippen molar-refractivity contribution < 1.29 is 9.53 Å². The van der Waals surface area contributed by atoms with E-state index in [2.05, 4.69) is 9.98 Å². The first-order chi connectivity index (χ1) is 11.2. The molecule has 4 nitrogen and oxygen atoms in total. The third kappa shape index (κ3) is 2.57. The van der Waals surface area contributed by atoms with Crippen molar-refractivity contribution in [3.8, 4) is 5.75 Å². The van der Waals surface area contributed by atoms with Crippen molar-refractivity contribution in [3.63, 3.8) is 0 Å². The number of aliphatic imine (C=N–C) groups is 2. The molecule has 23 heavy (non-hydrogen) atoms. The van der Waals surface area contributed by atoms with E-state index in [-0.39, 0.29) is 5.91 Å². The van der Waals surface area contributed by atoms with E-state index in [1.165, 1.54) is 0 Å². The molecule has 0 saturated carbocycles. The highest BCUT2D eigenvalue weighted by Crippen LogP contribution is 2.31. The highest BCUT2D eigenvalue weighted by atomic mass is 32.2. The number of hydrogen-bond acceptors (Lipinski definition) is 4. The molecule has 2 aromatic carbocycles. The maximum absolute atomic E-state index is 12.4. The molecule has 0 aliphatic carbocycles. The van der Waals surface area contributed by atoms with Gasteiger partial charge in [-0.2, -0.15) is 9.98 Å². The maximum Gasteiger partial charge on any atom is 0.260 e. The van der Waals surface area contributed by atoms with E-state index in [0.717, 1.165) is 21.8 Å². The second-order valence-corrected chi connectivity index (χ2v) is 6.30. The molecular weight excluding hydrogens is 308 g/mol. The average Bonchev–Trinajstić information content (AvgIpc) is 2.60. The Morgan fingerprint density at radius 3 is 2.65 bits per heavy atom. The summed E-state index contributed by atoms with van der Waals surface area (Å²) in [7, 11) is 0. The molecule has 0 radical (unpaired) electrons. The van der Waals surface area contributed by atoms with Crippen LogP contribution in [0.4, 0.5) is 0 Å². The fraction of sp³-hybridized carbons (Fsp3) is 0.167. The molecule has 2 aliphatic rings. The molecule has 0 spiro atoms. The fourth-order valence-electron chi connectivity index (χ4n) is 2.74. The monoisotopic (exact) mass is 322 g/mol. The Hall–Kier alpha value is -2.40. The number of benzene rings is 2. The van der Waals surface area contributed by atoms with Gasteiger partial charge in [0, 0.05) is 10.5 Å². The van der Waals surface area contributed by atoms with Crippen LogP contribution in [0.25, 0.3) is 0 Å². The molecule has 0 bridgehead atoms. The van der Waals surface area contributed by atoms with E-state index in [1.807, 2.05) is 54.8 Å². The van der Waals surface area contributed by atoms with Crippen molar-refractivity contribution in [2.24, 2.45) is 15.9 Å². The van der Waals surface area contributed by atoms with Gasteiger partial charge in [-0.25, -0.2) is 0 Å². The molecule has 1 unspecified atom stereocenters. The van der Waals surface area contributed by atoms with Crippen LogP contribution >= 0.6 is 11.8 Å². The summed E-state index contributed by atoms with van der Waals surface area (Å²) in [5, 5.41) is 0. The lowest BCUT2D eigenvalue weighted by molar-refractivity contribution is -0.120. The third-order valence-corrected chi connectivity index (χ3v) is 4.73. The first-order valence-corrected chi connectivity index (χ1v) is 8.58. The maximum atomic E-state index is 12.4. The van der Waals surface area contributed by atoms with Crippen LogP contribution in [0.3, 0.4) is 0 Å². The van der Waals surface area contributed by atoms with Gasteiger partial charge in [-0.1, -0.05) is 30.3 Å². The van der Waals surface area contributed by atoms with Crippen LogP contribution in [0.1, 0.15) is 11.1 Å². The Morgan fingerprint density at radius 1 is 1.09 bits per heavy atom. The number of thioether (sulfide) groups is 1. The van der Waals surface area contributed by atoms with Crippen LogP contribution in [0.5, 0.6) is 5.75 Å². The first kappa shape index (κ1) is 14.2. The smallest absolute Gasteiger partial charge is 0.260 e. The summed E-state index contributed by atoms with van der Waals surface area (Å²) in [4.78, 5) is 22.2. The van der Waals surface area contributed by atoms with Crippen molar-refractivity contribution in [2.45, 2.75) is 11.3 Å². The number of carbonyl (C=O) groups excluding carboxylic acids is 1. The van der Waals surface area contributed by atoms with E-state index < -0.39 is 5.92 Å². The minimum absolute atomic E-state index is 0.187. The molecule has 2 heterocycles. The van der Waals surface area contributed by atoms with Gasteiger partial charge in [-0.3, -0.25) is 4.79 Å². The van der Waals surface area contributed by atoms with Gasteiger partial charge < -0.3 is 4.74 Å². The number of ether oxygens (including phenoxy) is 1. The Balaban J connectivity index is 1.70. The number of hydrogen-bond donors (Lipinski definition) is 0. The van der Waals surface area contributed by atoms with Gasteiger partial charge in [0.25, 0.3) is 5.91 Å². The quantitative estimate of drug-likeness (QED) is 0.797. The van der Waals surface area contributed by atoms with E-state index in [1.54, 1.807) is 11.8 Å². The van der Waals surface area contributed by atoms with Gasteiger partial charge in [-0.15, -0.1) is 11.8 Å². The Bertz CT molecular complexity index is 840. The number of rotatable bonds is 2. The Morgan fingerprint density at radius 2 is 1.87 bits per heavy atom. The molecule has 0 fully saturated rings. The summed E-state index contributed by atoms with van der Waals surface area (Å²) in [5.74, 6) is 1.06. The Kier molecular flexibility index (Phi) is 3.50. The van der Waals surface area contributed by atoms with Crippen molar-refractivity contribution >= 4 is 29.4 Å². The molecule has 2 aliphatic heterocycles. The minimum Gasteiger partial charge on any atom is -0.442 e. The van der Waals surface area contributed by atoms with Crippen LogP contribution in [-0.4, -0.2) is 23.9 Å². The van der Waals surface area contributed by atoms with Crippen molar-refractivity contribution in [3.05, 3.63) is 59.7 Å². The normalized spacial score (nSPS) is 19.2. The molecule has 0 N–H and O–H groups in total. The molecule has 5 heteroatoms. The SMILES string of the molecule is CSc1ccc(C2=NC(=O)C3Cc4ccccc4OC3=N2)cc1. The lowest BCUT2D eigenvalue weighted by Gasteiger charge is -2.26. The topological polar surface area (TPSA) is 51.0 Å². The number of nitrogens with zero attached hydrogens (tertiary/aromatic N) is 2. The predicted octanol–water partition coefficient (Wildman–Crippen LogP) is 3.35. The first-order valence-electron chi connectivity index (χ1n) is 7.36. The second-order valence-electron chi connectivity index (χ2n) is 5.42. The van der Waals surface area contributed by atoms with Gasteiger partial charge >= 0.3 is 0 Å². The fourth-order valence-corrected chi connectivity index (χ4v) is 3.15. The summed E-state index contributed by atoms with van der Waals surface area (Å²) >= 11 is 1.67. The van der Waals surface area contributed by atoms with Crippen LogP contribution in [0, 0.1) is 5.92 Å². The Labute approximate surface area is 138 Å². The zero-order valence-corrected chi connectivity index (χ0v) is 13.3. The average molecular weight is 322 g/mol. The van der Waals surface area contributed by atoms with Gasteiger partial charge in [0.1, 0.15) is 11.7 Å². The van der Waals surface area contributed by atoms with E-state index in [0.29, 0.717) is 18.2 Å². The molecule has 0 aromatic heterocycles. The molecular formula is C18H14N2O2S. The van der Waals surface area contributed by atoms with Gasteiger partial charge in [0.15, 0.2) is 5.84 Å². The lowest BCUT2D eigenvalue weighted by atomic mass is 9.94. The standard InChI is InChI=1S/C18H14N2O2S/c1-23-13-8-6-11(7-9-13)16-19-17(21)14-10-12-4-2-3-5-15(12)22-18(14)20-16/h2-9,14H,10H2,1H3. The third-order valence-electron chi connectivity index (χ3n) is 3.99. The number of amidine groups is 1. The molecule has 114 valence electrons. The van der Waals surface area contributed by atoms with Gasteiger partial charge in [-0.05, 0) is 36.4 Å². The minimum atomic E-state index is -0.404. The summed E-state index contributed by atoms with van der Waals surface area (Å²) in [6.07, 6.45) is 2.62. The van der Waals surface area contributed by atoms with E-state index >= 15 is 0 Å². The van der Waals surface area contributed by atoms with Crippen LogP contribution < -0.4 is 4.74 Å². The van der Waals surface area contributed by atoms with Crippen LogP contribution in [0.2, 0.25) is 0 Å². The predicted molar refractivity (Wildman–Crippen MR) is 91.5 cm³/mol. The highest BCUT2D eigenvalue weighted by molar-refractivity contribution is 7.98. The van der Waals surface area contributed by atoms with E-state index in [4.69, 9.17) is 4.74 Å². The van der Waals surface area contributed by atoms with Crippen LogP contribution in [0.15, 0.2) is 63.4 Å². The number of para-hydroxylation sites is 1. The summed E-state index contributed by atoms with van der Waals surface area (Å²) < 4.78 is 5.85. The van der Waals surface area contributed by atoms with Gasteiger partial charge in [0.2, 0.25) is 5.90 Å². The van der Waals surface area contributed by atoms with Crippen molar-refractivity contribution in [1.82, 2.24) is 0 Å². The largest absolute Gasteiger partial charge is 0.442 e. The zero-order valence-electron chi connectivity index (χ0n) is 12.5. The lowest BCUT2D eigenvalue weighted by Crippen LogP contribution is -2.37. The highest BCUT2D eigenvalue weighted by Gasteiger charge is 2.35. The summed E-state index contributed by atoms with van der Waals surface area (Å²) in [6, 6.07) is 15.6. The van der Waals surface area contributed by atoms with Crippen LogP contribution in [-0.2, 0) is 11.2 Å². The number of carbonyl (C=O) groups is 1. The molecule has 0 saturated heterocycles.